The van der Waals surface area contributed by atoms with E-state index in [0.717, 1.165) is 12.1 Å². The number of imidazole rings is 1. The highest BCUT2D eigenvalue weighted by Crippen LogP contribution is 2.18. The Morgan fingerprint density at radius 1 is 1.25 bits per heavy atom. The van der Waals surface area contributed by atoms with E-state index < -0.39 is 11.6 Å². The quantitative estimate of drug-likeness (QED) is 0.739. The molecule has 2 aromatic heterocycles. The Balaban J connectivity index is 1.96. The van der Waals surface area contributed by atoms with Crippen LogP contribution >= 0.6 is 0 Å². The maximum absolute atomic E-state index is 13.3. The van der Waals surface area contributed by atoms with Crippen LogP contribution in [0.5, 0.6) is 0 Å². The largest absolute Gasteiger partial charge is 0.337 e. The minimum Gasteiger partial charge on any atom is -0.337 e. The molecule has 0 spiro atoms. The molecule has 5 nitrogen and oxygen atoms in total. The minimum atomic E-state index is -0.914. The van der Waals surface area contributed by atoms with Crippen LogP contribution in [0.4, 0.5) is 8.78 Å². The first-order valence-corrected chi connectivity index (χ1v) is 6.17. The molecule has 0 aliphatic heterocycles. The van der Waals surface area contributed by atoms with Crippen LogP contribution in [0.1, 0.15) is 31.5 Å². The van der Waals surface area contributed by atoms with E-state index in [1.807, 2.05) is 13.8 Å². The van der Waals surface area contributed by atoms with Gasteiger partial charge >= 0.3 is 0 Å². The van der Waals surface area contributed by atoms with Crippen LogP contribution in [-0.2, 0) is 6.54 Å². The molecule has 104 valence electrons. The third-order valence-electron chi connectivity index (χ3n) is 2.97. The maximum Gasteiger partial charge on any atom is 0.246 e. The normalized spacial score (nSPS) is 11.7. The SMILES string of the molecule is CC(C)c1noc(Cn2cnc3cc(F)c(F)cc32)n1. The Kier molecular flexibility index (Phi) is 2.96. The van der Waals surface area contributed by atoms with Crippen LogP contribution in [0.25, 0.3) is 11.0 Å². The van der Waals surface area contributed by atoms with Crippen LogP contribution in [-0.4, -0.2) is 19.7 Å². The molecule has 0 aliphatic carbocycles. The van der Waals surface area contributed by atoms with E-state index in [4.69, 9.17) is 4.52 Å². The summed E-state index contributed by atoms with van der Waals surface area (Å²) in [5, 5.41) is 3.85. The third kappa shape index (κ3) is 2.15. The van der Waals surface area contributed by atoms with Gasteiger partial charge in [0.2, 0.25) is 5.89 Å². The van der Waals surface area contributed by atoms with Crippen molar-refractivity contribution in [2.75, 3.05) is 0 Å². The highest BCUT2D eigenvalue weighted by atomic mass is 19.2. The van der Waals surface area contributed by atoms with Crippen LogP contribution in [0, 0.1) is 11.6 Å². The van der Waals surface area contributed by atoms with Crippen LogP contribution in [0.3, 0.4) is 0 Å². The molecule has 0 radical (unpaired) electrons. The topological polar surface area (TPSA) is 56.7 Å². The molecule has 1 aromatic carbocycles. The summed E-state index contributed by atoms with van der Waals surface area (Å²) in [6.45, 7) is 4.18. The number of nitrogens with zero attached hydrogens (tertiary/aromatic N) is 4. The van der Waals surface area contributed by atoms with Crippen molar-refractivity contribution in [1.82, 2.24) is 19.7 Å². The zero-order valence-electron chi connectivity index (χ0n) is 11.0. The predicted octanol–water partition coefficient (Wildman–Crippen LogP) is 2.87. The summed E-state index contributed by atoms with van der Waals surface area (Å²) in [5.74, 6) is -0.645. The minimum absolute atomic E-state index is 0.165. The summed E-state index contributed by atoms with van der Waals surface area (Å²) in [6, 6.07) is 2.17. The lowest BCUT2D eigenvalue weighted by Crippen LogP contribution is -1.99. The summed E-state index contributed by atoms with van der Waals surface area (Å²) in [6.07, 6.45) is 1.49. The molecule has 0 saturated carbocycles. The van der Waals surface area contributed by atoms with E-state index in [2.05, 4.69) is 15.1 Å². The van der Waals surface area contributed by atoms with Crippen molar-refractivity contribution in [3.63, 3.8) is 0 Å². The lowest BCUT2D eigenvalue weighted by molar-refractivity contribution is 0.365. The van der Waals surface area contributed by atoms with Gasteiger partial charge in [0.05, 0.1) is 17.4 Å². The van der Waals surface area contributed by atoms with Crippen molar-refractivity contribution in [2.24, 2.45) is 0 Å². The molecule has 0 aliphatic rings. The van der Waals surface area contributed by atoms with Gasteiger partial charge in [-0.1, -0.05) is 19.0 Å². The van der Waals surface area contributed by atoms with Gasteiger partial charge in [0.1, 0.15) is 6.54 Å². The Morgan fingerprint density at radius 3 is 2.70 bits per heavy atom. The predicted molar refractivity (Wildman–Crippen MR) is 67.1 cm³/mol. The van der Waals surface area contributed by atoms with Gasteiger partial charge in [0, 0.05) is 18.1 Å². The maximum atomic E-state index is 13.3. The fourth-order valence-electron chi connectivity index (χ4n) is 1.89. The molecule has 0 fully saturated rings. The smallest absolute Gasteiger partial charge is 0.246 e. The van der Waals surface area contributed by atoms with E-state index in [-0.39, 0.29) is 12.5 Å². The fraction of sp³-hybridized carbons (Fsp3) is 0.308. The summed E-state index contributed by atoms with van der Waals surface area (Å²) in [5.41, 5.74) is 0.862. The van der Waals surface area contributed by atoms with Crippen molar-refractivity contribution in [3.8, 4) is 0 Å². The molecule has 0 atom stereocenters. The number of fused-ring (bicyclic) bond motifs is 1. The highest BCUT2D eigenvalue weighted by molar-refractivity contribution is 5.75. The fourth-order valence-corrected chi connectivity index (χ4v) is 1.89. The molecule has 20 heavy (non-hydrogen) atoms. The van der Waals surface area contributed by atoms with Gasteiger partial charge in [0.25, 0.3) is 0 Å². The Bertz CT molecular complexity index is 763. The Hall–Kier alpha value is -2.31. The van der Waals surface area contributed by atoms with Crippen LogP contribution in [0.2, 0.25) is 0 Å². The molecule has 2 heterocycles. The Labute approximate surface area is 113 Å². The van der Waals surface area contributed by atoms with Gasteiger partial charge < -0.3 is 9.09 Å². The second kappa shape index (κ2) is 4.66. The number of benzene rings is 1. The van der Waals surface area contributed by atoms with Gasteiger partial charge in [-0.2, -0.15) is 4.98 Å². The molecule has 3 aromatic rings. The standard InChI is InChI=1S/C13H12F2N4O/c1-7(2)13-17-12(20-18-13)5-19-6-16-10-3-8(14)9(15)4-11(10)19/h3-4,6-7H,5H2,1-2H3. The first-order valence-electron chi connectivity index (χ1n) is 6.17. The summed E-state index contributed by atoms with van der Waals surface area (Å²) in [7, 11) is 0. The molecular weight excluding hydrogens is 266 g/mol. The second-order valence-electron chi connectivity index (χ2n) is 4.83. The number of hydrogen-bond acceptors (Lipinski definition) is 4. The van der Waals surface area contributed by atoms with E-state index in [9.17, 15) is 8.78 Å². The van der Waals surface area contributed by atoms with Crippen LogP contribution < -0.4 is 0 Å². The molecule has 3 rings (SSSR count). The number of rotatable bonds is 3. The third-order valence-corrected chi connectivity index (χ3v) is 2.97. The van der Waals surface area contributed by atoms with E-state index in [0.29, 0.717) is 22.7 Å². The number of hydrogen-bond donors (Lipinski definition) is 0. The molecule has 7 heteroatoms. The van der Waals surface area contributed by atoms with E-state index in [1.54, 1.807) is 4.57 Å². The zero-order chi connectivity index (χ0) is 14.3. The van der Waals surface area contributed by atoms with Gasteiger partial charge in [0.15, 0.2) is 17.5 Å². The number of halogens is 2. The molecular formula is C13H12F2N4O. The van der Waals surface area contributed by atoms with Gasteiger partial charge in [-0.05, 0) is 0 Å². The lowest BCUT2D eigenvalue weighted by atomic mass is 10.2. The molecule has 0 unspecified atom stereocenters. The van der Waals surface area contributed by atoms with Gasteiger partial charge in [-0.15, -0.1) is 0 Å². The molecule has 0 N–H and O–H groups in total. The zero-order valence-corrected chi connectivity index (χ0v) is 11.0. The summed E-state index contributed by atoms with van der Waals surface area (Å²) in [4.78, 5) is 8.26. The van der Waals surface area contributed by atoms with E-state index >= 15 is 0 Å². The van der Waals surface area contributed by atoms with E-state index in [1.165, 1.54) is 6.33 Å². The van der Waals surface area contributed by atoms with Crippen molar-refractivity contribution < 1.29 is 13.3 Å². The monoisotopic (exact) mass is 278 g/mol. The first-order chi connectivity index (χ1) is 9.54. The van der Waals surface area contributed by atoms with Crippen molar-refractivity contribution >= 4 is 11.0 Å². The van der Waals surface area contributed by atoms with Crippen molar-refractivity contribution in [1.29, 1.82) is 0 Å². The van der Waals surface area contributed by atoms with Gasteiger partial charge in [-0.3, -0.25) is 0 Å². The average Bonchev–Trinajstić information content (AvgIpc) is 3.00. The van der Waals surface area contributed by atoms with Crippen molar-refractivity contribution in [2.45, 2.75) is 26.3 Å². The second-order valence-corrected chi connectivity index (χ2v) is 4.83. The Morgan fingerprint density at radius 2 is 2.00 bits per heavy atom. The summed E-state index contributed by atoms with van der Waals surface area (Å²) < 4.78 is 33.2. The first kappa shape index (κ1) is 12.7. The average molecular weight is 278 g/mol. The van der Waals surface area contributed by atoms with Crippen LogP contribution in [0.15, 0.2) is 23.0 Å². The number of aromatic nitrogens is 4. The van der Waals surface area contributed by atoms with Crippen molar-refractivity contribution in [3.05, 3.63) is 41.8 Å². The lowest BCUT2D eigenvalue weighted by Gasteiger charge is -2.00. The van der Waals surface area contributed by atoms with Gasteiger partial charge in [-0.25, -0.2) is 13.8 Å². The molecule has 0 saturated heterocycles. The summed E-state index contributed by atoms with van der Waals surface area (Å²) >= 11 is 0. The highest BCUT2D eigenvalue weighted by Gasteiger charge is 2.13. The molecule has 0 bridgehead atoms. The molecule has 0 amide bonds.